The maximum Gasteiger partial charge on any atom is 0.265 e. The van der Waals surface area contributed by atoms with Gasteiger partial charge in [-0.2, -0.15) is 0 Å². The van der Waals surface area contributed by atoms with Crippen molar-refractivity contribution in [2.75, 3.05) is 46.9 Å². The molecule has 0 radical (unpaired) electrons. The number of amides is 4. The third-order valence-electron chi connectivity index (χ3n) is 8.75. The molecular weight excluding hydrogens is 643 g/mol. The molecule has 2 aliphatic heterocycles. The zero-order chi connectivity index (χ0) is 35.7. The van der Waals surface area contributed by atoms with Gasteiger partial charge < -0.3 is 29.9 Å². The minimum absolute atomic E-state index is 0.0491. The van der Waals surface area contributed by atoms with Gasteiger partial charge in [-0.3, -0.25) is 19.2 Å². The normalized spacial score (nSPS) is 18.2. The first-order chi connectivity index (χ1) is 23.4. The van der Waals surface area contributed by atoms with Gasteiger partial charge in [0.05, 0.1) is 36.4 Å². The van der Waals surface area contributed by atoms with Crippen LogP contribution in [0.5, 0.6) is 11.5 Å². The molecule has 11 nitrogen and oxygen atoms in total. The fourth-order valence-corrected chi connectivity index (χ4v) is 7.30. The maximum atomic E-state index is 13.6. The van der Waals surface area contributed by atoms with Crippen LogP contribution in [-0.2, 0) is 16.0 Å². The summed E-state index contributed by atoms with van der Waals surface area (Å²) in [7, 11) is 3.03. The molecule has 49 heavy (non-hydrogen) atoms. The molecule has 264 valence electrons. The number of carbonyl (C=O) groups is 4. The van der Waals surface area contributed by atoms with Crippen molar-refractivity contribution in [1.29, 1.82) is 0 Å². The number of ether oxygens (including phenoxy) is 2. The number of nitrogens with one attached hydrogen (secondary N) is 2. The Balaban J connectivity index is 0.000000520. The topological polar surface area (TPSA) is 130 Å². The van der Waals surface area contributed by atoms with Crippen LogP contribution in [0.4, 0.5) is 0 Å². The summed E-state index contributed by atoms with van der Waals surface area (Å²) in [6.45, 7) is 10.9. The third-order valence-corrected chi connectivity index (χ3v) is 9.81. The van der Waals surface area contributed by atoms with E-state index in [0.29, 0.717) is 47.3 Å². The van der Waals surface area contributed by atoms with Crippen LogP contribution < -0.4 is 20.1 Å². The third kappa shape index (κ3) is 9.59. The zero-order valence-corrected chi connectivity index (χ0v) is 30.4. The number of nitrogens with zero attached hydrogens (tertiary/aromatic N) is 3. The minimum Gasteiger partial charge on any atom is -0.493 e. The van der Waals surface area contributed by atoms with E-state index in [9.17, 15) is 19.2 Å². The summed E-state index contributed by atoms with van der Waals surface area (Å²) in [4.78, 5) is 60.6. The molecule has 5 rings (SSSR count). The largest absolute Gasteiger partial charge is 0.493 e. The first-order valence-corrected chi connectivity index (χ1v) is 17.7. The van der Waals surface area contributed by atoms with Gasteiger partial charge in [0, 0.05) is 38.8 Å². The van der Waals surface area contributed by atoms with Crippen LogP contribution in [-0.4, -0.2) is 91.4 Å². The van der Waals surface area contributed by atoms with Crippen LogP contribution >= 0.6 is 11.3 Å². The monoisotopic (exact) mass is 691 g/mol. The van der Waals surface area contributed by atoms with E-state index in [2.05, 4.69) is 52.9 Å². The number of thiazole rings is 1. The molecule has 12 heteroatoms. The molecule has 3 atom stereocenters. The van der Waals surface area contributed by atoms with Gasteiger partial charge in [0.2, 0.25) is 11.8 Å². The quantitative estimate of drug-likeness (QED) is 0.320. The van der Waals surface area contributed by atoms with Gasteiger partial charge in [0.1, 0.15) is 4.88 Å². The van der Waals surface area contributed by atoms with Crippen LogP contribution in [0.3, 0.4) is 0 Å². The fourth-order valence-electron chi connectivity index (χ4n) is 6.41. The Kier molecular flexibility index (Phi) is 13.2. The molecule has 0 aliphatic carbocycles. The molecule has 2 aromatic carbocycles. The van der Waals surface area contributed by atoms with Gasteiger partial charge in [0.15, 0.2) is 11.5 Å². The second-order valence-electron chi connectivity index (χ2n) is 12.8. The summed E-state index contributed by atoms with van der Waals surface area (Å²) in [5, 5.41) is 6.00. The smallest absolute Gasteiger partial charge is 0.265 e. The Labute approximate surface area is 293 Å². The first kappa shape index (κ1) is 37.4. The van der Waals surface area contributed by atoms with Crippen LogP contribution in [0.1, 0.15) is 63.5 Å². The highest BCUT2D eigenvalue weighted by molar-refractivity contribution is 7.13. The number of fused-ring (bicyclic) bond motifs is 1. The van der Waals surface area contributed by atoms with Crippen LogP contribution in [0, 0.1) is 31.6 Å². The van der Waals surface area contributed by atoms with E-state index >= 15 is 0 Å². The van der Waals surface area contributed by atoms with Crippen molar-refractivity contribution in [3.63, 3.8) is 0 Å². The Morgan fingerprint density at radius 3 is 2.24 bits per heavy atom. The number of rotatable bonds is 10. The van der Waals surface area contributed by atoms with Gasteiger partial charge >= 0.3 is 0 Å². The molecule has 0 spiro atoms. The summed E-state index contributed by atoms with van der Waals surface area (Å²) in [5.41, 5.74) is 2.56. The van der Waals surface area contributed by atoms with Gasteiger partial charge in [-0.1, -0.05) is 43.7 Å². The number of benzene rings is 2. The Morgan fingerprint density at radius 1 is 0.959 bits per heavy atom. The summed E-state index contributed by atoms with van der Waals surface area (Å²) < 4.78 is 11.2. The SMILES string of the molecule is CCCc1ccccc1.CNC(=O)CNC(=O)C1CN(C(=O)c2sc(C)nc2C)CC2CN(C(=O)c3ccc(OC(C)C)c(OC)c3)CC21. The molecule has 2 fully saturated rings. The minimum atomic E-state index is -0.573. The van der Waals surface area contributed by atoms with E-state index in [0.717, 1.165) is 5.01 Å². The predicted molar refractivity (Wildman–Crippen MR) is 190 cm³/mol. The molecule has 2 aliphatic rings. The predicted octanol–water partition coefficient (Wildman–Crippen LogP) is 4.52. The van der Waals surface area contributed by atoms with Gasteiger partial charge in [0.25, 0.3) is 11.8 Å². The lowest BCUT2D eigenvalue weighted by Crippen LogP contribution is -2.53. The highest BCUT2D eigenvalue weighted by Crippen LogP contribution is 2.38. The maximum absolute atomic E-state index is 13.6. The molecule has 2 N–H and O–H groups in total. The Hall–Kier alpha value is -4.45. The number of likely N-dealkylation sites (tertiary alicyclic amines) is 2. The molecule has 3 unspecified atom stereocenters. The lowest BCUT2D eigenvalue weighted by molar-refractivity contribution is -0.131. The molecule has 0 saturated carbocycles. The first-order valence-electron chi connectivity index (χ1n) is 16.8. The van der Waals surface area contributed by atoms with E-state index in [4.69, 9.17) is 9.47 Å². The average molecular weight is 692 g/mol. The van der Waals surface area contributed by atoms with Crippen molar-refractivity contribution < 1.29 is 28.7 Å². The number of likely N-dealkylation sites (N-methyl/N-ethyl adjacent to an activating group) is 1. The second kappa shape index (κ2) is 17.3. The van der Waals surface area contributed by atoms with Gasteiger partial charge in [-0.05, 0) is 69.7 Å². The summed E-state index contributed by atoms with van der Waals surface area (Å²) >= 11 is 1.34. The average Bonchev–Trinajstić information content (AvgIpc) is 3.68. The molecule has 3 heterocycles. The number of methoxy groups -OCH3 is 1. The van der Waals surface area contributed by atoms with Crippen molar-refractivity contribution in [2.24, 2.45) is 17.8 Å². The number of aryl methyl sites for hydroxylation is 3. The number of carbonyl (C=O) groups excluding carboxylic acids is 4. The summed E-state index contributed by atoms with van der Waals surface area (Å²) in [6, 6.07) is 15.7. The van der Waals surface area contributed by atoms with Crippen molar-refractivity contribution in [1.82, 2.24) is 25.4 Å². The summed E-state index contributed by atoms with van der Waals surface area (Å²) in [5.74, 6) is -0.776. The van der Waals surface area contributed by atoms with E-state index in [1.807, 2.05) is 20.8 Å². The zero-order valence-electron chi connectivity index (χ0n) is 29.6. The van der Waals surface area contributed by atoms with Crippen LogP contribution in [0.15, 0.2) is 48.5 Å². The Bertz CT molecular complexity index is 1610. The highest BCUT2D eigenvalue weighted by Gasteiger charge is 2.48. The molecule has 4 amide bonds. The lowest BCUT2D eigenvalue weighted by atomic mass is 9.79. The molecule has 0 bridgehead atoms. The highest BCUT2D eigenvalue weighted by atomic mass is 32.1. The molecule has 3 aromatic rings. The van der Waals surface area contributed by atoms with Crippen molar-refractivity contribution in [3.05, 3.63) is 75.2 Å². The van der Waals surface area contributed by atoms with Crippen LogP contribution in [0.25, 0.3) is 0 Å². The van der Waals surface area contributed by atoms with Gasteiger partial charge in [-0.15, -0.1) is 11.3 Å². The van der Waals surface area contributed by atoms with E-state index in [1.165, 1.54) is 43.9 Å². The molecule has 1 aromatic heterocycles. The number of piperidine rings is 1. The second-order valence-corrected chi connectivity index (χ2v) is 14.0. The van der Waals surface area contributed by atoms with E-state index < -0.39 is 5.92 Å². The standard InChI is InChI=1S/C28H37N5O6S.C9H12/c1-15(2)39-22-8-7-18(9-23(22)38-6)27(36)32-11-19-12-33(28(37)25-16(3)31-17(4)40-25)14-21(20(19)13-32)26(35)30-10-24(34)29-5;1-2-6-9-7-4-3-5-8-9/h7-9,15,19-21H,10-14H2,1-6H3,(H,29,34)(H,30,35);3-5,7-8H,2,6H2,1H3. The van der Waals surface area contributed by atoms with Crippen molar-refractivity contribution >= 4 is 35.0 Å². The summed E-state index contributed by atoms with van der Waals surface area (Å²) in [6.07, 6.45) is 2.40. The Morgan fingerprint density at radius 2 is 1.65 bits per heavy atom. The number of hydrogen-bond donors (Lipinski definition) is 2. The number of hydrogen-bond acceptors (Lipinski definition) is 8. The van der Waals surface area contributed by atoms with Gasteiger partial charge in [-0.25, -0.2) is 4.98 Å². The van der Waals surface area contributed by atoms with E-state index in [1.54, 1.807) is 34.9 Å². The molecular formula is C37H49N5O6S. The van der Waals surface area contributed by atoms with Crippen molar-refractivity contribution in [2.45, 2.75) is 53.6 Å². The fraction of sp³-hybridized carbons (Fsp3) is 0.486. The lowest BCUT2D eigenvalue weighted by Gasteiger charge is -2.39. The van der Waals surface area contributed by atoms with E-state index in [-0.39, 0.29) is 54.7 Å². The van der Waals surface area contributed by atoms with Crippen molar-refractivity contribution in [3.8, 4) is 11.5 Å². The number of aromatic nitrogens is 1. The molecule has 2 saturated heterocycles. The van der Waals surface area contributed by atoms with Crippen LogP contribution in [0.2, 0.25) is 0 Å².